The fourth-order valence-corrected chi connectivity index (χ4v) is 13.8. The molecule has 0 unspecified atom stereocenters. The van der Waals surface area contributed by atoms with Crippen LogP contribution in [0.2, 0.25) is 0 Å². The number of fused-ring (bicyclic) bond motifs is 4. The summed E-state index contributed by atoms with van der Waals surface area (Å²) in [6.07, 6.45) is 0. The molecule has 2 heteroatoms. The Kier molecular flexibility index (Phi) is 9.83. The molecule has 0 aliphatic rings. The summed E-state index contributed by atoms with van der Waals surface area (Å²) in [5, 5.41) is 20.5. The third-order valence-corrected chi connectivity index (χ3v) is 17.1. The normalized spacial score (nSPS) is 12.4. The van der Waals surface area contributed by atoms with Crippen LogP contribution < -0.4 is 8.97 Å². The van der Waals surface area contributed by atoms with E-state index in [0.29, 0.717) is 8.97 Å². The van der Waals surface area contributed by atoms with E-state index in [-0.39, 0.29) is 0 Å². The van der Waals surface area contributed by atoms with Crippen molar-refractivity contribution in [2.24, 2.45) is 0 Å². The average molecular weight is 991 g/mol. The van der Waals surface area contributed by atoms with Gasteiger partial charge in [-0.05, 0) is 122 Å². The van der Waals surface area contributed by atoms with E-state index >= 15 is 0 Å². The van der Waals surface area contributed by atoms with E-state index in [4.69, 9.17) is 0 Å². The number of rotatable bonds is 9. The highest BCUT2D eigenvalue weighted by atomic mass is 15.4. The number of quaternary nitrogens is 2. The zero-order valence-electron chi connectivity index (χ0n) is 42.8. The van der Waals surface area contributed by atoms with Crippen molar-refractivity contribution >= 4 is 132 Å². The summed E-state index contributed by atoms with van der Waals surface area (Å²) < 4.78 is 0.796. The molecule has 362 valence electrons. The van der Waals surface area contributed by atoms with Gasteiger partial charge in [0.2, 0.25) is 0 Å². The van der Waals surface area contributed by atoms with Gasteiger partial charge in [-0.25, -0.2) is 0 Å². The summed E-state index contributed by atoms with van der Waals surface area (Å²) in [6, 6.07) is 113. The van der Waals surface area contributed by atoms with E-state index in [1.54, 1.807) is 0 Å². The number of hydrogen-bond acceptors (Lipinski definition) is 0. The average Bonchev–Trinajstić information content (AvgIpc) is 3.71. The second-order valence-electron chi connectivity index (χ2n) is 21.0. The molecule has 0 N–H and O–H groups in total. The van der Waals surface area contributed by atoms with Crippen LogP contribution in [0.4, 0.5) is 45.5 Å². The summed E-state index contributed by atoms with van der Waals surface area (Å²) in [6.45, 7) is 0. The lowest BCUT2D eigenvalue weighted by atomic mass is 9.89. The first-order chi connectivity index (χ1) is 38.7. The van der Waals surface area contributed by atoms with Crippen molar-refractivity contribution in [3.05, 3.63) is 303 Å². The third-order valence-electron chi connectivity index (χ3n) is 17.1. The van der Waals surface area contributed by atoms with Crippen molar-refractivity contribution in [1.82, 2.24) is 8.97 Å². The molecule has 0 aliphatic heterocycles. The molecule has 16 aromatic rings. The summed E-state index contributed by atoms with van der Waals surface area (Å²) >= 11 is 0. The summed E-state index contributed by atoms with van der Waals surface area (Å²) in [5.41, 5.74) is 11.6. The second kappa shape index (κ2) is 17.3. The lowest BCUT2D eigenvalue weighted by molar-refractivity contribution is 0.705. The van der Waals surface area contributed by atoms with Crippen LogP contribution in [0.15, 0.2) is 303 Å². The zero-order valence-corrected chi connectivity index (χ0v) is 42.8. The second-order valence-corrected chi connectivity index (χ2v) is 21.0. The van der Waals surface area contributed by atoms with Crippen LogP contribution in [0.1, 0.15) is 0 Å². The molecule has 0 fully saturated rings. The van der Waals surface area contributed by atoms with Crippen LogP contribution in [-0.4, -0.2) is 0 Å². The molecule has 2 nitrogen and oxygen atoms in total. The topological polar surface area (TPSA) is 0 Å². The third kappa shape index (κ3) is 6.33. The molecule has 78 heavy (non-hydrogen) atoms. The van der Waals surface area contributed by atoms with Gasteiger partial charge < -0.3 is 0 Å². The van der Waals surface area contributed by atoms with Crippen LogP contribution in [-0.2, 0) is 0 Å². The summed E-state index contributed by atoms with van der Waals surface area (Å²) in [7, 11) is 0. The molecule has 0 heterocycles. The Bertz CT molecular complexity index is 4510. The molecule has 0 spiro atoms. The van der Waals surface area contributed by atoms with Crippen LogP contribution >= 0.6 is 0 Å². The van der Waals surface area contributed by atoms with Crippen molar-refractivity contribution in [2.45, 2.75) is 0 Å². The molecule has 16 aromatic carbocycles. The Labute approximate surface area is 452 Å². The molecule has 16 rings (SSSR count). The van der Waals surface area contributed by atoms with Crippen molar-refractivity contribution in [3.8, 4) is 11.1 Å². The Hall–Kier alpha value is -9.96. The van der Waals surface area contributed by atoms with E-state index in [2.05, 4.69) is 303 Å². The molecule has 0 atom stereocenters. The molecule has 0 bridgehead atoms. The summed E-state index contributed by atoms with van der Waals surface area (Å²) in [5.74, 6) is 0. The monoisotopic (exact) mass is 990 g/mol. The lowest BCUT2D eigenvalue weighted by Crippen LogP contribution is -2.33. The van der Waals surface area contributed by atoms with Crippen molar-refractivity contribution < 1.29 is 0 Å². The maximum Gasteiger partial charge on any atom is 0.149 e. The molecule has 0 radical (unpaired) electrons. The largest absolute Gasteiger partial charge is 0.194 e. The first kappa shape index (κ1) is 44.3. The first-order valence-corrected chi connectivity index (χ1v) is 27.1. The number of benzene rings is 16. The van der Waals surface area contributed by atoms with Crippen LogP contribution in [0, 0.1) is 0 Å². The smallest absolute Gasteiger partial charge is 0.149 e. The van der Waals surface area contributed by atoms with Gasteiger partial charge in [-0.1, -0.05) is 182 Å². The SMILES string of the molecule is c1ccc([N+](c2ccccc2)(c2ccc(-c3ccc([N+](c4ccccc4)(c4ccccc4)c4cc5cccc6c7cccc8cccc(c(c4)c56)c87)cc3)cc2)c2cc3cccc4c5cccc6cccc(c(c2)c34)c65)cc1. The van der Waals surface area contributed by atoms with E-state index in [1.165, 1.54) is 97.6 Å². The van der Waals surface area contributed by atoms with Gasteiger partial charge in [0.15, 0.2) is 0 Å². The minimum atomic E-state index is 0.398. The van der Waals surface area contributed by atoms with E-state index in [1.807, 2.05) is 0 Å². The van der Waals surface area contributed by atoms with E-state index < -0.39 is 0 Å². The fraction of sp³-hybridized carbons (Fsp3) is 0. The van der Waals surface area contributed by atoms with E-state index in [0.717, 1.165) is 45.3 Å². The molecule has 0 aromatic heterocycles. The van der Waals surface area contributed by atoms with Crippen LogP contribution in [0.25, 0.3) is 97.3 Å². The number of nitrogens with zero attached hydrogens (tertiary/aromatic N) is 2. The van der Waals surface area contributed by atoms with Crippen molar-refractivity contribution in [3.63, 3.8) is 0 Å². The Morgan fingerprint density at radius 1 is 0.154 bits per heavy atom. The number of hydrogen-bond donors (Lipinski definition) is 0. The quantitative estimate of drug-likeness (QED) is 0.0768. The van der Waals surface area contributed by atoms with Gasteiger partial charge in [0.25, 0.3) is 0 Å². The van der Waals surface area contributed by atoms with Crippen molar-refractivity contribution in [1.29, 1.82) is 0 Å². The fourth-order valence-electron chi connectivity index (χ4n) is 13.8. The first-order valence-electron chi connectivity index (χ1n) is 27.1. The molecule has 0 saturated carbocycles. The molecule has 0 saturated heterocycles. The predicted octanol–water partition coefficient (Wildman–Crippen LogP) is 22.1. The standard InChI is InChI=1S/C76H50N2/c1-5-25-57(26-6-1)77(58-27-7-2-8-28-58,63-47-55-23-17-35-67-65-33-13-19-53-21-15-37-69(73(53)65)71(49-63)75(55)67)61-43-39-51(40-44-61)52-41-45-62(46-42-52)78(59-29-9-3-10-30-59,60-31-11-4-12-32-60)64-48-56-24-18-36-68-66-34-14-20-54-22-16-38-70(74(54)66)72(50-64)76(56)68/h1-50H/q+2. The van der Waals surface area contributed by atoms with Crippen molar-refractivity contribution in [2.75, 3.05) is 0 Å². The minimum Gasteiger partial charge on any atom is -0.194 e. The van der Waals surface area contributed by atoms with E-state index in [9.17, 15) is 0 Å². The maximum atomic E-state index is 2.48. The molecule has 0 aliphatic carbocycles. The van der Waals surface area contributed by atoms with Crippen LogP contribution in [0.3, 0.4) is 0 Å². The van der Waals surface area contributed by atoms with Gasteiger partial charge in [0.05, 0.1) is 0 Å². The lowest BCUT2D eigenvalue weighted by Gasteiger charge is -2.38. The predicted molar refractivity (Wildman–Crippen MR) is 334 cm³/mol. The Morgan fingerprint density at radius 3 is 0.692 bits per heavy atom. The van der Waals surface area contributed by atoms with Gasteiger partial charge in [-0.2, -0.15) is 8.97 Å². The minimum absolute atomic E-state index is 0.398. The van der Waals surface area contributed by atoms with Gasteiger partial charge in [0, 0.05) is 97.1 Å². The van der Waals surface area contributed by atoms with Gasteiger partial charge in [-0.15, -0.1) is 0 Å². The number of para-hydroxylation sites is 4. The maximum absolute atomic E-state index is 2.48. The Morgan fingerprint density at radius 2 is 0.397 bits per heavy atom. The van der Waals surface area contributed by atoms with Gasteiger partial charge in [-0.3, -0.25) is 0 Å². The molecular formula is C76H50N2+2. The summed E-state index contributed by atoms with van der Waals surface area (Å²) in [4.78, 5) is 0. The molecule has 0 amide bonds. The Balaban J connectivity index is 0.888. The molecular weight excluding hydrogens is 941 g/mol. The van der Waals surface area contributed by atoms with Gasteiger partial charge in [0.1, 0.15) is 45.5 Å². The van der Waals surface area contributed by atoms with Crippen LogP contribution in [0.5, 0.6) is 0 Å². The van der Waals surface area contributed by atoms with Gasteiger partial charge >= 0.3 is 0 Å². The highest BCUT2D eigenvalue weighted by Crippen LogP contribution is 2.56. The highest BCUT2D eigenvalue weighted by molar-refractivity contribution is 6.35. The zero-order chi connectivity index (χ0) is 51.4. The highest BCUT2D eigenvalue weighted by Gasteiger charge is 2.42.